The van der Waals surface area contributed by atoms with Crippen molar-refractivity contribution in [1.29, 1.82) is 0 Å². The van der Waals surface area contributed by atoms with E-state index >= 15 is 0 Å². The van der Waals surface area contributed by atoms with Crippen LogP contribution in [-0.4, -0.2) is 55.0 Å². The molecule has 3 aromatic rings. The van der Waals surface area contributed by atoms with E-state index in [4.69, 9.17) is 16.4 Å². The number of hydroxylamine groups is 1. The van der Waals surface area contributed by atoms with Crippen molar-refractivity contribution < 1.29 is 27.9 Å². The SMILES string of the molecule is CONC(=O)C1CC(N(C)c2nc(O)c(C(Cc3ccc(Cl)cc3C(F)(F)F)=c3ccc4c(c3)C=NN=4)s2)CN1. The molecule has 9 nitrogen and oxygen atoms in total. The van der Waals surface area contributed by atoms with Crippen LogP contribution in [0.15, 0.2) is 46.6 Å². The molecule has 0 bridgehead atoms. The lowest BCUT2D eigenvalue weighted by Gasteiger charge is -2.22. The average molecular weight is 593 g/mol. The smallest absolute Gasteiger partial charge is 0.416 e. The van der Waals surface area contributed by atoms with E-state index in [1.54, 1.807) is 31.5 Å². The van der Waals surface area contributed by atoms with Crippen molar-refractivity contribution >= 4 is 45.8 Å². The number of anilines is 1. The lowest BCUT2D eigenvalue weighted by atomic mass is 9.96. The minimum absolute atomic E-state index is 0.000415. The summed E-state index contributed by atoms with van der Waals surface area (Å²) in [4.78, 5) is 23.4. The molecule has 1 aromatic heterocycles. The van der Waals surface area contributed by atoms with Gasteiger partial charge in [-0.25, -0.2) is 5.48 Å². The van der Waals surface area contributed by atoms with Crippen LogP contribution in [-0.2, 0) is 22.2 Å². The number of hydrogen-bond donors (Lipinski definition) is 3. The molecule has 1 saturated heterocycles. The van der Waals surface area contributed by atoms with Gasteiger partial charge in [0.2, 0.25) is 5.88 Å². The predicted molar refractivity (Wildman–Crippen MR) is 145 cm³/mol. The molecule has 2 aliphatic rings. The summed E-state index contributed by atoms with van der Waals surface area (Å²) < 4.78 is 41.9. The second-order valence-corrected chi connectivity index (χ2v) is 10.8. The Balaban J connectivity index is 1.55. The van der Waals surface area contributed by atoms with Crippen molar-refractivity contribution in [3.05, 3.63) is 73.6 Å². The van der Waals surface area contributed by atoms with E-state index in [-0.39, 0.29) is 34.8 Å². The van der Waals surface area contributed by atoms with E-state index in [0.29, 0.717) is 44.7 Å². The standard InChI is InChI=1S/C26H24ClF3N6O3S/c1-36(17-10-21(31-12-17)23(37)35-39-2)25-33-24(38)22(40-25)18(13-4-6-20-15(7-13)11-32-34-20)8-14-3-5-16(27)9-19(14)26(28,29)30/h3-7,9,11,17,21,31,38H,8,10,12H2,1-2H3,(H,35,37). The van der Waals surface area contributed by atoms with Crippen LogP contribution in [0.25, 0.3) is 5.57 Å². The number of alkyl halides is 3. The summed E-state index contributed by atoms with van der Waals surface area (Å²) in [6, 6.07) is 8.30. The topological polar surface area (TPSA) is 111 Å². The second kappa shape index (κ2) is 11.2. The molecule has 3 heterocycles. The second-order valence-electron chi connectivity index (χ2n) is 9.35. The maximum absolute atomic E-state index is 14.0. The van der Waals surface area contributed by atoms with Crippen molar-refractivity contribution in [2.45, 2.75) is 31.1 Å². The van der Waals surface area contributed by atoms with Gasteiger partial charge < -0.3 is 15.3 Å². The summed E-state index contributed by atoms with van der Waals surface area (Å²) in [5.41, 5.74) is 2.62. The molecule has 40 heavy (non-hydrogen) atoms. The Morgan fingerprint density at radius 2 is 2.10 bits per heavy atom. The van der Waals surface area contributed by atoms with Crippen LogP contribution < -0.4 is 26.3 Å². The number of aromatic nitrogens is 1. The molecule has 2 unspecified atom stereocenters. The normalized spacial score (nSPS) is 18.9. The molecule has 210 valence electrons. The van der Waals surface area contributed by atoms with Gasteiger partial charge in [-0.2, -0.15) is 28.4 Å². The van der Waals surface area contributed by atoms with Gasteiger partial charge in [-0.15, -0.1) is 0 Å². The zero-order valence-corrected chi connectivity index (χ0v) is 22.9. The number of fused-ring (bicyclic) bond motifs is 1. The number of rotatable bonds is 7. The Morgan fingerprint density at radius 1 is 1.30 bits per heavy atom. The van der Waals surface area contributed by atoms with Crippen LogP contribution in [0.4, 0.5) is 18.3 Å². The number of nitrogens with zero attached hydrogens (tertiary/aromatic N) is 4. The van der Waals surface area contributed by atoms with Crippen molar-refractivity contribution in [3.63, 3.8) is 0 Å². The largest absolute Gasteiger partial charge is 0.492 e. The van der Waals surface area contributed by atoms with Crippen LogP contribution in [0.1, 0.15) is 28.0 Å². The molecule has 2 aromatic carbocycles. The Bertz CT molecular complexity index is 1610. The first-order chi connectivity index (χ1) is 19.0. The Kier molecular flexibility index (Phi) is 7.82. The summed E-state index contributed by atoms with van der Waals surface area (Å²) >= 11 is 7.06. The highest BCUT2D eigenvalue weighted by Crippen LogP contribution is 2.40. The molecule has 14 heteroatoms. The zero-order chi connectivity index (χ0) is 28.6. The number of halogens is 4. The van der Waals surface area contributed by atoms with Crippen LogP contribution in [0, 0.1) is 0 Å². The number of hydrogen-bond acceptors (Lipinski definition) is 9. The van der Waals surface area contributed by atoms with E-state index in [9.17, 15) is 23.1 Å². The maximum Gasteiger partial charge on any atom is 0.416 e. The Labute approximate surface area is 235 Å². The molecular weight excluding hydrogens is 569 g/mol. The quantitative estimate of drug-likeness (QED) is 0.364. The highest BCUT2D eigenvalue weighted by Gasteiger charge is 2.35. The van der Waals surface area contributed by atoms with Gasteiger partial charge in [0, 0.05) is 36.6 Å². The molecule has 5 rings (SSSR count). The highest BCUT2D eigenvalue weighted by molar-refractivity contribution is 7.17. The van der Waals surface area contributed by atoms with E-state index in [0.717, 1.165) is 17.4 Å². The molecule has 0 radical (unpaired) electrons. The first-order valence-corrected chi connectivity index (χ1v) is 13.3. The molecule has 0 aliphatic carbocycles. The van der Waals surface area contributed by atoms with Gasteiger partial charge in [-0.05, 0) is 47.0 Å². The average Bonchev–Trinajstić information content (AvgIpc) is 3.66. The van der Waals surface area contributed by atoms with Crippen molar-refractivity contribution in [1.82, 2.24) is 15.8 Å². The van der Waals surface area contributed by atoms with Crippen molar-refractivity contribution in [2.24, 2.45) is 10.2 Å². The monoisotopic (exact) mass is 592 g/mol. The summed E-state index contributed by atoms with van der Waals surface area (Å²) in [5.74, 6) is -0.602. The molecule has 1 amide bonds. The lowest BCUT2D eigenvalue weighted by molar-refractivity contribution is -0.138. The van der Waals surface area contributed by atoms with Gasteiger partial charge in [-0.1, -0.05) is 35.1 Å². The molecule has 1 fully saturated rings. The number of thiazole rings is 1. The zero-order valence-electron chi connectivity index (χ0n) is 21.3. The minimum atomic E-state index is -4.63. The summed E-state index contributed by atoms with van der Waals surface area (Å²) in [7, 11) is 3.15. The Morgan fingerprint density at radius 3 is 2.85 bits per heavy atom. The molecule has 0 spiro atoms. The first-order valence-electron chi connectivity index (χ1n) is 12.1. The molecule has 2 atom stereocenters. The predicted octanol–water partition coefficient (Wildman–Crippen LogP) is 2.77. The van der Waals surface area contributed by atoms with Gasteiger partial charge in [0.25, 0.3) is 5.91 Å². The van der Waals surface area contributed by atoms with Gasteiger partial charge in [0.15, 0.2) is 5.13 Å². The third kappa shape index (κ3) is 5.68. The van der Waals surface area contributed by atoms with Crippen molar-refractivity contribution in [3.8, 4) is 5.88 Å². The lowest BCUT2D eigenvalue weighted by Crippen LogP contribution is -2.39. The van der Waals surface area contributed by atoms with E-state index < -0.39 is 17.8 Å². The number of likely N-dealkylation sites (N-methyl/N-ethyl adjacent to an activating group) is 1. The Hall–Kier alpha value is -3.52. The molecule has 2 aliphatic heterocycles. The minimum Gasteiger partial charge on any atom is -0.492 e. The fourth-order valence-corrected chi connectivity index (χ4v) is 5.98. The maximum atomic E-state index is 14.0. The number of benzene rings is 2. The van der Waals surface area contributed by atoms with Crippen LogP contribution in [0.3, 0.4) is 0 Å². The van der Waals surface area contributed by atoms with E-state index in [2.05, 4.69) is 26.0 Å². The number of carbonyl (C=O) groups excluding carboxylic acids is 1. The number of amides is 1. The molecule has 0 saturated carbocycles. The first kappa shape index (κ1) is 28.0. The van der Waals surface area contributed by atoms with Gasteiger partial charge in [0.1, 0.15) is 0 Å². The number of aromatic hydroxyl groups is 1. The highest BCUT2D eigenvalue weighted by atomic mass is 35.5. The van der Waals surface area contributed by atoms with Crippen LogP contribution in [0.5, 0.6) is 5.88 Å². The van der Waals surface area contributed by atoms with E-state index in [1.807, 2.05) is 4.90 Å². The van der Waals surface area contributed by atoms with Gasteiger partial charge in [0.05, 0.1) is 35.2 Å². The molecule has 3 N–H and O–H groups in total. The van der Waals surface area contributed by atoms with Crippen LogP contribution >= 0.6 is 22.9 Å². The fraction of sp³-hybridized carbons (Fsp3) is 0.308. The van der Waals surface area contributed by atoms with Crippen molar-refractivity contribution in [2.75, 3.05) is 25.6 Å². The third-order valence-corrected chi connectivity index (χ3v) is 8.26. The fourth-order valence-electron chi connectivity index (χ4n) is 4.75. The van der Waals surface area contributed by atoms with Gasteiger partial charge >= 0.3 is 6.18 Å². The summed E-state index contributed by atoms with van der Waals surface area (Å²) in [6.07, 6.45) is -2.75. The van der Waals surface area contributed by atoms with E-state index in [1.165, 1.54) is 19.2 Å². The number of carbonyl (C=O) groups is 1. The van der Waals surface area contributed by atoms with Gasteiger partial charge in [-0.3, -0.25) is 9.63 Å². The number of nitrogens with one attached hydrogen (secondary N) is 2. The van der Waals surface area contributed by atoms with Crippen LogP contribution in [0.2, 0.25) is 5.02 Å². The summed E-state index contributed by atoms with van der Waals surface area (Å²) in [5, 5.41) is 23.7. The summed E-state index contributed by atoms with van der Waals surface area (Å²) in [6.45, 7) is 0.484. The third-order valence-electron chi connectivity index (χ3n) is 6.83. The molecular formula is C26H24ClF3N6O3S.